The summed E-state index contributed by atoms with van der Waals surface area (Å²) in [6.07, 6.45) is 0. The molecule has 2 heteroatoms. The molecule has 0 radical (unpaired) electrons. The predicted octanol–water partition coefficient (Wildman–Crippen LogP) is 4.44. The molecule has 0 unspecified atom stereocenters. The molecule has 0 saturated heterocycles. The van der Waals surface area contributed by atoms with Crippen molar-refractivity contribution < 1.29 is 4.79 Å². The van der Waals surface area contributed by atoms with Gasteiger partial charge in [0.05, 0.1) is 4.88 Å². The highest BCUT2D eigenvalue weighted by atomic mass is 32.1. The van der Waals surface area contributed by atoms with E-state index in [0.29, 0.717) is 0 Å². The molecule has 0 bridgehead atoms. The van der Waals surface area contributed by atoms with Crippen molar-refractivity contribution >= 4 is 27.2 Å². The number of ketones is 1. The Balaban J connectivity index is 2.63. The molecule has 2 rings (SSSR count). The lowest BCUT2D eigenvalue weighted by Gasteiger charge is -2.15. The number of rotatable bonds is 1. The Morgan fingerprint density at radius 3 is 2.38 bits per heavy atom. The second-order valence-electron chi connectivity index (χ2n) is 5.13. The number of benzene rings is 1. The molecule has 0 saturated carbocycles. The largest absolute Gasteiger partial charge is 0.293 e. The number of hydrogen-bond acceptors (Lipinski definition) is 2. The van der Waals surface area contributed by atoms with Gasteiger partial charge in [-0.15, -0.1) is 11.3 Å². The van der Waals surface area contributed by atoms with Gasteiger partial charge in [0.1, 0.15) is 0 Å². The third kappa shape index (κ3) is 1.78. The zero-order valence-corrected chi connectivity index (χ0v) is 10.9. The number of fused-ring (bicyclic) bond motifs is 1. The van der Waals surface area contributed by atoms with E-state index in [4.69, 9.17) is 0 Å². The smallest absolute Gasteiger partial charge is 0.178 e. The molecule has 0 aliphatic carbocycles. The maximum atomic E-state index is 12.3. The monoisotopic (exact) mass is 232 g/mol. The molecule has 1 nitrogen and oxygen atoms in total. The quantitative estimate of drug-likeness (QED) is 0.664. The molecule has 1 heterocycles. The van der Waals surface area contributed by atoms with E-state index in [1.807, 2.05) is 39.8 Å². The Morgan fingerprint density at radius 1 is 1.19 bits per heavy atom. The molecule has 1 aromatic heterocycles. The zero-order valence-electron chi connectivity index (χ0n) is 10.1. The first-order valence-electron chi connectivity index (χ1n) is 5.44. The van der Waals surface area contributed by atoms with Crippen LogP contribution >= 0.6 is 11.3 Å². The lowest BCUT2D eigenvalue weighted by atomic mass is 9.88. The Labute approximate surface area is 100 Å². The first-order chi connectivity index (χ1) is 7.41. The Morgan fingerprint density at radius 2 is 1.81 bits per heavy atom. The number of carbonyl (C=O) groups excluding carboxylic acids is 1. The van der Waals surface area contributed by atoms with Gasteiger partial charge in [-0.05, 0) is 23.9 Å². The van der Waals surface area contributed by atoms with Crippen LogP contribution in [0.5, 0.6) is 0 Å². The molecule has 84 valence electrons. The molecule has 2 aromatic rings. The van der Waals surface area contributed by atoms with Gasteiger partial charge < -0.3 is 0 Å². The van der Waals surface area contributed by atoms with Gasteiger partial charge in [-0.25, -0.2) is 0 Å². The molecule has 0 spiro atoms. The van der Waals surface area contributed by atoms with E-state index in [1.165, 1.54) is 10.1 Å². The van der Waals surface area contributed by atoms with E-state index in [2.05, 4.69) is 12.1 Å². The van der Waals surface area contributed by atoms with Crippen LogP contribution in [0.15, 0.2) is 24.3 Å². The van der Waals surface area contributed by atoms with Crippen LogP contribution in [0.4, 0.5) is 0 Å². The van der Waals surface area contributed by atoms with Gasteiger partial charge in [0.15, 0.2) is 5.78 Å². The van der Waals surface area contributed by atoms with Crippen molar-refractivity contribution in [1.82, 2.24) is 0 Å². The fraction of sp³-hybridized carbons (Fsp3) is 0.357. The van der Waals surface area contributed by atoms with Gasteiger partial charge in [0, 0.05) is 10.1 Å². The van der Waals surface area contributed by atoms with Crippen LogP contribution in [0.2, 0.25) is 0 Å². The van der Waals surface area contributed by atoms with Crippen molar-refractivity contribution in [3.63, 3.8) is 0 Å². The van der Waals surface area contributed by atoms with Crippen LogP contribution < -0.4 is 0 Å². The number of aryl methyl sites for hydroxylation is 1. The molecule has 0 aliphatic rings. The average Bonchev–Trinajstić information content (AvgIpc) is 2.54. The molecular formula is C14H16OS. The Kier molecular flexibility index (Phi) is 2.62. The lowest BCUT2D eigenvalue weighted by molar-refractivity contribution is 0.0862. The second-order valence-corrected chi connectivity index (χ2v) is 6.18. The fourth-order valence-corrected chi connectivity index (χ4v) is 3.09. The molecular weight excluding hydrogens is 216 g/mol. The van der Waals surface area contributed by atoms with Crippen LogP contribution in [-0.2, 0) is 0 Å². The maximum Gasteiger partial charge on any atom is 0.178 e. The fourth-order valence-electron chi connectivity index (χ4n) is 1.73. The van der Waals surface area contributed by atoms with Crippen molar-refractivity contribution in [2.75, 3.05) is 0 Å². The van der Waals surface area contributed by atoms with E-state index in [9.17, 15) is 4.79 Å². The van der Waals surface area contributed by atoms with Gasteiger partial charge in [-0.2, -0.15) is 0 Å². The van der Waals surface area contributed by atoms with Gasteiger partial charge in [0.25, 0.3) is 0 Å². The van der Waals surface area contributed by atoms with E-state index < -0.39 is 0 Å². The first kappa shape index (κ1) is 11.3. The Hall–Kier alpha value is -1.15. The summed E-state index contributed by atoms with van der Waals surface area (Å²) in [5, 5.41) is 1.21. The van der Waals surface area contributed by atoms with Crippen molar-refractivity contribution in [2.45, 2.75) is 27.7 Å². The third-order valence-electron chi connectivity index (χ3n) is 2.73. The summed E-state index contributed by atoms with van der Waals surface area (Å²) in [6.45, 7) is 7.95. The minimum Gasteiger partial charge on any atom is -0.293 e. The lowest BCUT2D eigenvalue weighted by Crippen LogP contribution is -2.19. The van der Waals surface area contributed by atoms with E-state index in [1.54, 1.807) is 11.3 Å². The number of thiophene rings is 1. The van der Waals surface area contributed by atoms with Crippen molar-refractivity contribution in [3.8, 4) is 0 Å². The molecule has 0 fully saturated rings. The molecule has 16 heavy (non-hydrogen) atoms. The first-order valence-corrected chi connectivity index (χ1v) is 6.26. The highest BCUT2D eigenvalue weighted by Gasteiger charge is 2.26. The summed E-state index contributed by atoms with van der Waals surface area (Å²) in [4.78, 5) is 13.2. The average molecular weight is 232 g/mol. The summed E-state index contributed by atoms with van der Waals surface area (Å²) < 4.78 is 1.20. The van der Waals surface area contributed by atoms with Crippen LogP contribution in [0.25, 0.3) is 10.1 Å². The number of Topliss-reactive ketones (excluding diaryl/α,β-unsaturated/α-hetero) is 1. The summed E-state index contributed by atoms with van der Waals surface area (Å²) in [5.74, 6) is 0.242. The van der Waals surface area contributed by atoms with Gasteiger partial charge in [-0.1, -0.05) is 39.0 Å². The van der Waals surface area contributed by atoms with Gasteiger partial charge >= 0.3 is 0 Å². The van der Waals surface area contributed by atoms with Gasteiger partial charge in [-0.3, -0.25) is 4.79 Å². The third-order valence-corrected chi connectivity index (χ3v) is 4.00. The standard InChI is InChI=1S/C14H16OS/c1-9-10-7-5-6-8-11(10)16-12(9)13(15)14(2,3)4/h5-8H,1-4H3. The zero-order chi connectivity index (χ0) is 11.9. The molecule has 0 amide bonds. The highest BCUT2D eigenvalue weighted by Crippen LogP contribution is 2.34. The second kappa shape index (κ2) is 3.70. The van der Waals surface area contributed by atoms with Crippen molar-refractivity contribution in [1.29, 1.82) is 0 Å². The van der Waals surface area contributed by atoms with Crippen molar-refractivity contribution in [2.24, 2.45) is 5.41 Å². The normalized spacial score (nSPS) is 12.0. The summed E-state index contributed by atoms with van der Waals surface area (Å²) in [7, 11) is 0. The topological polar surface area (TPSA) is 17.1 Å². The van der Waals surface area contributed by atoms with E-state index in [0.717, 1.165) is 10.4 Å². The Bertz CT molecular complexity index is 543. The van der Waals surface area contributed by atoms with Crippen LogP contribution in [0.1, 0.15) is 36.0 Å². The number of carbonyl (C=O) groups is 1. The summed E-state index contributed by atoms with van der Waals surface area (Å²) in [5.41, 5.74) is 0.826. The molecule has 1 aromatic carbocycles. The SMILES string of the molecule is Cc1c(C(=O)C(C)(C)C)sc2ccccc12. The predicted molar refractivity (Wildman–Crippen MR) is 70.3 cm³/mol. The van der Waals surface area contributed by atoms with E-state index >= 15 is 0 Å². The summed E-state index contributed by atoms with van der Waals surface area (Å²) in [6, 6.07) is 8.20. The molecule has 0 N–H and O–H groups in total. The molecule has 0 aliphatic heterocycles. The van der Waals surface area contributed by atoms with Crippen LogP contribution in [0, 0.1) is 12.3 Å². The summed E-state index contributed by atoms with van der Waals surface area (Å²) >= 11 is 1.61. The van der Waals surface area contributed by atoms with Crippen LogP contribution in [-0.4, -0.2) is 5.78 Å². The van der Waals surface area contributed by atoms with E-state index in [-0.39, 0.29) is 11.2 Å². The minimum absolute atomic E-state index is 0.242. The number of hydrogen-bond donors (Lipinski definition) is 0. The maximum absolute atomic E-state index is 12.3. The van der Waals surface area contributed by atoms with Crippen molar-refractivity contribution in [3.05, 3.63) is 34.7 Å². The highest BCUT2D eigenvalue weighted by molar-refractivity contribution is 7.21. The van der Waals surface area contributed by atoms with Gasteiger partial charge in [0.2, 0.25) is 0 Å². The van der Waals surface area contributed by atoms with Crippen LogP contribution in [0.3, 0.4) is 0 Å². The molecule has 0 atom stereocenters. The minimum atomic E-state index is -0.300.